The van der Waals surface area contributed by atoms with Crippen LogP contribution in [-0.2, 0) is 5.60 Å². The van der Waals surface area contributed by atoms with Crippen LogP contribution < -0.4 is 0 Å². The third-order valence-corrected chi connectivity index (χ3v) is 4.49. The van der Waals surface area contributed by atoms with Gasteiger partial charge < -0.3 is 5.11 Å². The number of rotatable bonds is 2. The van der Waals surface area contributed by atoms with Crippen molar-refractivity contribution in [1.82, 2.24) is 0 Å². The number of hydrogen-bond acceptors (Lipinski definition) is 2. The van der Waals surface area contributed by atoms with E-state index in [4.69, 9.17) is 11.6 Å². The molecule has 0 bridgehead atoms. The molecule has 84 valence electrons. The van der Waals surface area contributed by atoms with Gasteiger partial charge >= 0.3 is 0 Å². The van der Waals surface area contributed by atoms with Gasteiger partial charge in [-0.15, -0.1) is 11.3 Å². The number of hydrogen-bond donors (Lipinski definition) is 1. The van der Waals surface area contributed by atoms with E-state index in [9.17, 15) is 5.11 Å². The normalized spacial score (nSPS) is 14.8. The summed E-state index contributed by atoms with van der Waals surface area (Å²) in [6.45, 7) is 1.76. The minimum absolute atomic E-state index is 0.606. The topological polar surface area (TPSA) is 20.2 Å². The van der Waals surface area contributed by atoms with Crippen molar-refractivity contribution in [2.24, 2.45) is 0 Å². The van der Waals surface area contributed by atoms with Gasteiger partial charge in [-0.2, -0.15) is 0 Å². The molecular formula is C12H10BrClOS. The first-order valence-corrected chi connectivity index (χ1v) is 6.79. The van der Waals surface area contributed by atoms with E-state index in [0.29, 0.717) is 5.02 Å². The highest BCUT2D eigenvalue weighted by atomic mass is 79.9. The lowest BCUT2D eigenvalue weighted by Crippen LogP contribution is -2.21. The molecule has 0 fully saturated rings. The van der Waals surface area contributed by atoms with Crippen LogP contribution in [0.4, 0.5) is 0 Å². The van der Waals surface area contributed by atoms with Gasteiger partial charge in [-0.25, -0.2) is 0 Å². The first-order valence-electron chi connectivity index (χ1n) is 4.73. The zero-order chi connectivity index (χ0) is 11.8. The molecule has 1 heterocycles. The molecule has 0 aliphatic rings. The van der Waals surface area contributed by atoms with Crippen LogP contribution in [-0.4, -0.2) is 5.11 Å². The van der Waals surface area contributed by atoms with Crippen LogP contribution in [0.5, 0.6) is 0 Å². The van der Waals surface area contributed by atoms with Gasteiger partial charge in [-0.3, -0.25) is 0 Å². The van der Waals surface area contributed by atoms with Gasteiger partial charge in [0.1, 0.15) is 5.60 Å². The van der Waals surface area contributed by atoms with Gasteiger partial charge in [0.25, 0.3) is 0 Å². The molecule has 0 saturated carbocycles. The van der Waals surface area contributed by atoms with Crippen LogP contribution in [0.3, 0.4) is 0 Å². The van der Waals surface area contributed by atoms with Crippen molar-refractivity contribution in [1.29, 1.82) is 0 Å². The Bertz CT molecular complexity index is 507. The quantitative estimate of drug-likeness (QED) is 0.869. The molecule has 1 unspecified atom stereocenters. The number of aliphatic hydroxyl groups is 1. The van der Waals surface area contributed by atoms with Crippen molar-refractivity contribution in [3.63, 3.8) is 0 Å². The molecule has 0 aliphatic carbocycles. The third-order valence-electron chi connectivity index (χ3n) is 2.45. The highest BCUT2D eigenvalue weighted by Gasteiger charge is 2.29. The van der Waals surface area contributed by atoms with Gasteiger partial charge in [0.05, 0.1) is 9.90 Å². The maximum absolute atomic E-state index is 10.6. The zero-order valence-corrected chi connectivity index (χ0v) is 11.7. The molecule has 1 atom stereocenters. The molecule has 0 radical (unpaired) electrons. The first kappa shape index (κ1) is 12.1. The Morgan fingerprint density at radius 2 is 2.12 bits per heavy atom. The summed E-state index contributed by atoms with van der Waals surface area (Å²) in [5, 5.41) is 13.0. The van der Waals surface area contributed by atoms with E-state index in [2.05, 4.69) is 15.9 Å². The van der Waals surface area contributed by atoms with E-state index < -0.39 is 5.60 Å². The van der Waals surface area contributed by atoms with E-state index in [0.717, 1.165) is 14.9 Å². The highest BCUT2D eigenvalue weighted by Crippen LogP contribution is 2.38. The molecule has 2 rings (SSSR count). The SMILES string of the molecule is CC(O)(c1cccc(Br)c1)c1sccc1Cl. The fraction of sp³-hybridized carbons (Fsp3) is 0.167. The largest absolute Gasteiger partial charge is 0.380 e. The molecule has 0 amide bonds. The fourth-order valence-corrected chi connectivity index (χ4v) is 3.29. The van der Waals surface area contributed by atoms with Gasteiger partial charge in [0, 0.05) is 4.47 Å². The van der Waals surface area contributed by atoms with E-state index in [1.807, 2.05) is 29.6 Å². The van der Waals surface area contributed by atoms with Crippen LogP contribution in [0.1, 0.15) is 17.4 Å². The van der Waals surface area contributed by atoms with Crippen LogP contribution in [0.15, 0.2) is 40.2 Å². The zero-order valence-electron chi connectivity index (χ0n) is 8.58. The predicted octanol–water partition coefficient (Wildman–Crippen LogP) is 4.42. The van der Waals surface area contributed by atoms with Crippen LogP contribution in [0, 0.1) is 0 Å². The van der Waals surface area contributed by atoms with Crippen molar-refractivity contribution >= 4 is 38.9 Å². The molecule has 0 spiro atoms. The molecule has 1 nitrogen and oxygen atoms in total. The summed E-state index contributed by atoms with van der Waals surface area (Å²) < 4.78 is 0.943. The number of halogens is 2. The average Bonchev–Trinajstić information content (AvgIpc) is 2.65. The fourth-order valence-electron chi connectivity index (χ4n) is 1.56. The monoisotopic (exact) mass is 316 g/mol. The van der Waals surface area contributed by atoms with Crippen LogP contribution in [0.25, 0.3) is 0 Å². The molecule has 16 heavy (non-hydrogen) atoms. The second-order valence-electron chi connectivity index (χ2n) is 3.68. The van der Waals surface area contributed by atoms with Gasteiger partial charge in [0.2, 0.25) is 0 Å². The molecule has 1 aromatic heterocycles. The Hall–Kier alpha value is -0.350. The summed E-state index contributed by atoms with van der Waals surface area (Å²) in [6.07, 6.45) is 0. The minimum atomic E-state index is -1.05. The smallest absolute Gasteiger partial charge is 0.122 e. The number of thiophene rings is 1. The Morgan fingerprint density at radius 1 is 1.38 bits per heavy atom. The molecule has 0 aliphatic heterocycles. The molecule has 1 N–H and O–H groups in total. The molecular weight excluding hydrogens is 308 g/mol. The molecule has 4 heteroatoms. The van der Waals surface area contributed by atoms with Crippen LogP contribution in [0.2, 0.25) is 5.02 Å². The van der Waals surface area contributed by atoms with Gasteiger partial charge in [-0.05, 0) is 36.1 Å². The first-order chi connectivity index (χ1) is 7.51. The molecule has 1 aromatic carbocycles. The minimum Gasteiger partial charge on any atom is -0.380 e. The highest BCUT2D eigenvalue weighted by molar-refractivity contribution is 9.10. The lowest BCUT2D eigenvalue weighted by molar-refractivity contribution is 0.106. The Labute approximate surface area is 112 Å². The molecule has 2 aromatic rings. The van der Waals surface area contributed by atoms with Gasteiger partial charge in [0.15, 0.2) is 0 Å². The summed E-state index contributed by atoms with van der Waals surface area (Å²) in [5.41, 5.74) is -0.221. The second-order valence-corrected chi connectivity index (χ2v) is 5.92. The summed E-state index contributed by atoms with van der Waals surface area (Å²) in [7, 11) is 0. The lowest BCUT2D eigenvalue weighted by atomic mass is 9.94. The van der Waals surface area contributed by atoms with E-state index >= 15 is 0 Å². The summed E-state index contributed by atoms with van der Waals surface area (Å²) in [6, 6.07) is 9.41. The standard InChI is InChI=1S/C12H10BrClOS/c1-12(15,11-10(14)5-6-16-11)8-3-2-4-9(13)7-8/h2-7,15H,1H3. The van der Waals surface area contributed by atoms with Crippen molar-refractivity contribution in [2.75, 3.05) is 0 Å². The van der Waals surface area contributed by atoms with Crippen molar-refractivity contribution in [2.45, 2.75) is 12.5 Å². The number of benzene rings is 1. The Balaban J connectivity index is 2.51. The van der Waals surface area contributed by atoms with Gasteiger partial charge in [-0.1, -0.05) is 39.7 Å². The van der Waals surface area contributed by atoms with Crippen molar-refractivity contribution in [3.05, 3.63) is 55.6 Å². The Morgan fingerprint density at radius 3 is 2.69 bits per heavy atom. The van der Waals surface area contributed by atoms with E-state index in [1.165, 1.54) is 11.3 Å². The Kier molecular flexibility index (Phi) is 3.40. The summed E-state index contributed by atoms with van der Waals surface area (Å²) in [4.78, 5) is 0.771. The average molecular weight is 318 g/mol. The lowest BCUT2D eigenvalue weighted by Gasteiger charge is -2.23. The van der Waals surface area contributed by atoms with E-state index in [1.54, 1.807) is 13.0 Å². The molecule has 0 saturated heterocycles. The third kappa shape index (κ3) is 2.18. The maximum atomic E-state index is 10.6. The predicted molar refractivity (Wildman–Crippen MR) is 72.1 cm³/mol. The van der Waals surface area contributed by atoms with Crippen molar-refractivity contribution in [3.8, 4) is 0 Å². The summed E-state index contributed by atoms with van der Waals surface area (Å²) >= 11 is 10.9. The van der Waals surface area contributed by atoms with Crippen LogP contribution >= 0.6 is 38.9 Å². The maximum Gasteiger partial charge on any atom is 0.122 e. The second kappa shape index (κ2) is 4.49. The van der Waals surface area contributed by atoms with Crippen molar-refractivity contribution < 1.29 is 5.11 Å². The van der Waals surface area contributed by atoms with E-state index in [-0.39, 0.29) is 0 Å². The summed E-state index contributed by atoms with van der Waals surface area (Å²) in [5.74, 6) is 0.